The lowest BCUT2D eigenvalue weighted by Crippen LogP contribution is -2.48. The van der Waals surface area contributed by atoms with Gasteiger partial charge in [-0.1, -0.05) is 37.2 Å². The highest BCUT2D eigenvalue weighted by molar-refractivity contribution is 7.99. The Morgan fingerprint density at radius 3 is 2.61 bits per heavy atom. The van der Waals surface area contributed by atoms with Gasteiger partial charge in [0.15, 0.2) is 22.1 Å². The van der Waals surface area contributed by atoms with Gasteiger partial charge < -0.3 is 31.9 Å². The maximum Gasteiger partial charge on any atom is 0.240 e. The molecule has 3 rings (SSSR count). The van der Waals surface area contributed by atoms with E-state index in [2.05, 4.69) is 50.1 Å². The van der Waals surface area contributed by atoms with Crippen LogP contribution in [0, 0.1) is 5.92 Å². The van der Waals surface area contributed by atoms with Gasteiger partial charge in [-0.2, -0.15) is 0 Å². The van der Waals surface area contributed by atoms with E-state index in [9.17, 15) is 24.6 Å². The van der Waals surface area contributed by atoms with Crippen LogP contribution in [0.1, 0.15) is 58.4 Å². The van der Waals surface area contributed by atoms with Gasteiger partial charge in [-0.25, -0.2) is 14.6 Å². The molecule has 0 spiro atoms. The van der Waals surface area contributed by atoms with Crippen molar-refractivity contribution in [1.82, 2.24) is 35.6 Å². The van der Waals surface area contributed by atoms with Gasteiger partial charge in [0, 0.05) is 25.8 Å². The molecule has 2 heterocycles. The topological polar surface area (TPSA) is 210 Å². The summed E-state index contributed by atoms with van der Waals surface area (Å²) in [5, 5.41) is 38.8. The van der Waals surface area contributed by atoms with Crippen LogP contribution in [0.4, 0.5) is 5.82 Å². The minimum atomic E-state index is -1.43. The highest BCUT2D eigenvalue weighted by Crippen LogP contribution is 2.37. The number of anilines is 1. The third-order valence-corrected chi connectivity index (χ3v) is 7.52. The van der Waals surface area contributed by atoms with Crippen LogP contribution in [0.25, 0.3) is 11.2 Å². The normalized spacial score (nSPS) is 21.8. The second kappa shape index (κ2) is 13.7. The number of hydrogen-bond acceptors (Lipinski definition) is 11. The number of aliphatic hydroxyl groups excluding tert-OH is 2. The number of primary amides is 1. The summed E-state index contributed by atoms with van der Waals surface area (Å²) >= 11 is 1.49. The van der Waals surface area contributed by atoms with E-state index < -0.39 is 42.0 Å². The van der Waals surface area contributed by atoms with Crippen molar-refractivity contribution in [2.24, 2.45) is 11.7 Å². The molecule has 2 aromatic heterocycles. The van der Waals surface area contributed by atoms with Crippen molar-refractivity contribution >= 4 is 46.5 Å². The fourth-order valence-electron chi connectivity index (χ4n) is 4.27. The summed E-state index contributed by atoms with van der Waals surface area (Å²) in [4.78, 5) is 45.6. The number of nitrogens with zero attached hydrogens (tertiary/aromatic N) is 5. The zero-order valence-electron chi connectivity index (χ0n) is 21.9. The summed E-state index contributed by atoms with van der Waals surface area (Å²) in [6, 6.07) is -1.90. The summed E-state index contributed by atoms with van der Waals surface area (Å²) in [5.74, 6) is -1.45. The van der Waals surface area contributed by atoms with E-state index in [0.29, 0.717) is 28.7 Å². The van der Waals surface area contributed by atoms with Gasteiger partial charge in [-0.15, -0.1) is 5.10 Å². The predicted molar refractivity (Wildman–Crippen MR) is 141 cm³/mol. The molecule has 1 saturated carbocycles. The maximum atomic E-state index is 13.0. The number of fused-ring (bicyclic) bond motifs is 1. The second-order valence-corrected chi connectivity index (χ2v) is 10.3. The molecule has 1 unspecified atom stereocenters. The van der Waals surface area contributed by atoms with Crippen molar-refractivity contribution < 1.29 is 24.6 Å². The molecule has 15 heteroatoms. The van der Waals surface area contributed by atoms with E-state index in [4.69, 9.17) is 5.73 Å². The molecule has 38 heavy (non-hydrogen) atoms. The largest absolute Gasteiger partial charge is 0.390 e. The number of unbranched alkanes of at least 4 members (excludes halogenated alkanes) is 1. The van der Waals surface area contributed by atoms with Crippen molar-refractivity contribution in [3.8, 4) is 0 Å². The molecule has 2 aromatic rings. The van der Waals surface area contributed by atoms with Gasteiger partial charge in [0.1, 0.15) is 12.1 Å². The third kappa shape index (κ3) is 6.88. The van der Waals surface area contributed by atoms with Crippen LogP contribution in [-0.2, 0) is 14.4 Å². The van der Waals surface area contributed by atoms with Crippen molar-refractivity contribution in [2.75, 3.05) is 24.7 Å². The predicted octanol–water partition coefficient (Wildman–Crippen LogP) is -0.285. The first-order valence-corrected chi connectivity index (χ1v) is 13.9. The Labute approximate surface area is 224 Å². The van der Waals surface area contributed by atoms with E-state index in [1.54, 1.807) is 0 Å². The lowest BCUT2D eigenvalue weighted by molar-refractivity contribution is -0.133. The number of carbonyl (C=O) groups excluding carboxylic acids is 3. The Morgan fingerprint density at radius 1 is 1.18 bits per heavy atom. The molecule has 5 atom stereocenters. The number of nitrogens with one attached hydrogen (secondary N) is 3. The summed E-state index contributed by atoms with van der Waals surface area (Å²) < 4.78 is 1.43. The number of aliphatic hydroxyl groups is 2. The summed E-state index contributed by atoms with van der Waals surface area (Å²) in [6.45, 7) is 4.84. The molecule has 0 radical (unpaired) electrons. The van der Waals surface area contributed by atoms with E-state index in [-0.39, 0.29) is 25.2 Å². The molecule has 0 bridgehead atoms. The van der Waals surface area contributed by atoms with Crippen LogP contribution in [-0.4, -0.2) is 90.5 Å². The van der Waals surface area contributed by atoms with E-state index in [0.717, 1.165) is 25.0 Å². The first-order chi connectivity index (χ1) is 18.2. The van der Waals surface area contributed by atoms with Crippen LogP contribution in [0.15, 0.2) is 5.16 Å². The van der Waals surface area contributed by atoms with Gasteiger partial charge in [0.05, 0.1) is 18.1 Å². The van der Waals surface area contributed by atoms with Crippen LogP contribution >= 0.6 is 11.8 Å². The molecule has 1 aliphatic rings. The average Bonchev–Trinajstić information content (AvgIpc) is 3.45. The van der Waals surface area contributed by atoms with Crippen molar-refractivity contribution in [1.29, 1.82) is 0 Å². The molecular weight excluding hydrogens is 514 g/mol. The number of carbonyl (C=O) groups is 3. The van der Waals surface area contributed by atoms with Crippen molar-refractivity contribution in [3.05, 3.63) is 0 Å². The number of rotatable bonds is 14. The monoisotopic (exact) mass is 551 g/mol. The number of amides is 3. The minimum Gasteiger partial charge on any atom is -0.390 e. The van der Waals surface area contributed by atoms with Gasteiger partial charge >= 0.3 is 0 Å². The summed E-state index contributed by atoms with van der Waals surface area (Å²) in [6.07, 6.45) is 0.124. The van der Waals surface area contributed by atoms with Gasteiger partial charge in [-0.05, 0) is 25.7 Å². The summed E-state index contributed by atoms with van der Waals surface area (Å²) in [7, 11) is 1.46. The molecule has 0 aromatic carbocycles. The van der Waals surface area contributed by atoms with E-state index >= 15 is 0 Å². The van der Waals surface area contributed by atoms with Crippen molar-refractivity contribution in [3.63, 3.8) is 0 Å². The minimum absolute atomic E-state index is 0.00614. The average molecular weight is 552 g/mol. The Bertz CT molecular complexity index is 1130. The number of aromatic nitrogens is 5. The Morgan fingerprint density at radius 2 is 1.95 bits per heavy atom. The second-order valence-electron chi connectivity index (χ2n) is 9.26. The number of nitrogens with two attached hydrogens (primary N) is 1. The smallest absolute Gasteiger partial charge is 0.240 e. The third-order valence-electron chi connectivity index (χ3n) is 6.46. The molecule has 14 nitrogen and oxygen atoms in total. The molecule has 3 amide bonds. The summed E-state index contributed by atoms with van der Waals surface area (Å²) in [5.41, 5.74) is 6.22. The molecule has 0 aliphatic heterocycles. The maximum absolute atomic E-state index is 13.0. The lowest BCUT2D eigenvalue weighted by Gasteiger charge is -2.20. The fraction of sp³-hybridized carbons (Fsp3) is 0.696. The highest BCUT2D eigenvalue weighted by Gasteiger charge is 2.47. The molecule has 1 fully saturated rings. The quantitative estimate of drug-likeness (QED) is 0.102. The van der Waals surface area contributed by atoms with Crippen LogP contribution in [0.3, 0.4) is 0 Å². The Kier molecular flexibility index (Phi) is 10.6. The molecular formula is C23H37N9O5S. The first kappa shape index (κ1) is 29.5. The van der Waals surface area contributed by atoms with Crippen LogP contribution < -0.4 is 21.7 Å². The first-order valence-electron chi connectivity index (χ1n) is 12.9. The van der Waals surface area contributed by atoms with Crippen molar-refractivity contribution in [2.45, 2.75) is 81.8 Å². The fourth-order valence-corrected chi connectivity index (χ4v) is 4.97. The Balaban J connectivity index is 1.84. The zero-order valence-corrected chi connectivity index (χ0v) is 22.7. The van der Waals surface area contributed by atoms with Gasteiger partial charge in [0.2, 0.25) is 17.7 Å². The van der Waals surface area contributed by atoms with Crippen LogP contribution in [0.2, 0.25) is 0 Å². The van der Waals surface area contributed by atoms with E-state index in [1.165, 1.54) is 23.5 Å². The van der Waals surface area contributed by atoms with Gasteiger partial charge in [0.25, 0.3) is 0 Å². The number of hydrogen-bond donors (Lipinski definition) is 6. The molecule has 210 valence electrons. The number of thioether (sulfide) groups is 1. The zero-order chi connectivity index (χ0) is 27.8. The highest BCUT2D eigenvalue weighted by atomic mass is 32.2. The van der Waals surface area contributed by atoms with Gasteiger partial charge in [-0.3, -0.25) is 14.4 Å². The SMILES string of the molecule is CCCCNc1nc(SCCC)nc2c1nnn2[C@@H]1C[C@H](C(=O)NC(CCC(=O)NC)C(N)=O)[C@@H](O)[C@H]1O. The Hall–Kier alpha value is -3.04. The van der Waals surface area contributed by atoms with E-state index in [1.807, 2.05) is 0 Å². The molecule has 0 saturated heterocycles. The molecule has 7 N–H and O–H groups in total. The molecule has 1 aliphatic carbocycles. The van der Waals surface area contributed by atoms with Crippen LogP contribution in [0.5, 0.6) is 0 Å². The standard InChI is InChI=1S/C23H37N9O5S/c1-4-6-9-26-20-16-21(29-23(28-20)38-10-5-2)32(31-30-16)14-11-12(17(34)18(14)35)22(37)27-13(19(24)36)7-8-15(33)25-3/h12-14,17-18,34-35H,4-11H2,1-3H3,(H2,24,36)(H,25,33)(H,27,37)(H,26,28,29)/t12-,13?,14+,17+,18-/m0/s1. The lowest BCUT2D eigenvalue weighted by atomic mass is 10.0.